The lowest BCUT2D eigenvalue weighted by Crippen LogP contribution is -2.36. The van der Waals surface area contributed by atoms with Crippen molar-refractivity contribution >= 4 is 5.65 Å². The van der Waals surface area contributed by atoms with Crippen molar-refractivity contribution < 1.29 is 4.74 Å². The third kappa shape index (κ3) is 2.03. The van der Waals surface area contributed by atoms with Gasteiger partial charge in [-0.3, -0.25) is 4.90 Å². The molecule has 0 bridgehead atoms. The van der Waals surface area contributed by atoms with Gasteiger partial charge in [0.2, 0.25) is 0 Å². The minimum absolute atomic E-state index is 0.826. The monoisotopic (exact) mass is 232 g/mol. The molecule has 0 amide bonds. The molecule has 5 nitrogen and oxygen atoms in total. The average Bonchev–Trinajstić information content (AvgIpc) is 2.84. The first-order valence-electron chi connectivity index (χ1n) is 5.93. The molecule has 3 heterocycles. The molecular formula is C12H16N4O. The summed E-state index contributed by atoms with van der Waals surface area (Å²) in [6.07, 6.45) is 1.62. The summed E-state index contributed by atoms with van der Waals surface area (Å²) in [5, 5.41) is 4.29. The number of ether oxygens (including phenoxy) is 1. The number of aryl methyl sites for hydroxylation is 1. The van der Waals surface area contributed by atoms with Gasteiger partial charge in [-0.1, -0.05) is 6.07 Å². The van der Waals surface area contributed by atoms with Crippen molar-refractivity contribution in [2.45, 2.75) is 13.5 Å². The summed E-state index contributed by atoms with van der Waals surface area (Å²) in [6, 6.07) is 4.24. The molecule has 0 aromatic carbocycles. The fourth-order valence-corrected chi connectivity index (χ4v) is 2.19. The van der Waals surface area contributed by atoms with Crippen LogP contribution in [0.3, 0.4) is 0 Å². The smallest absolute Gasteiger partial charge is 0.158 e. The van der Waals surface area contributed by atoms with Crippen LogP contribution in [0, 0.1) is 6.92 Å². The predicted molar refractivity (Wildman–Crippen MR) is 63.8 cm³/mol. The van der Waals surface area contributed by atoms with Gasteiger partial charge in [0, 0.05) is 19.6 Å². The SMILES string of the molecule is Cc1ccc(CN2CCOCC2)n2ncnc12. The first-order chi connectivity index (χ1) is 8.34. The Labute approximate surface area is 100 Å². The van der Waals surface area contributed by atoms with E-state index in [1.165, 1.54) is 5.69 Å². The van der Waals surface area contributed by atoms with Gasteiger partial charge in [-0.15, -0.1) is 0 Å². The van der Waals surface area contributed by atoms with Crippen LogP contribution in [-0.4, -0.2) is 45.8 Å². The lowest BCUT2D eigenvalue weighted by Gasteiger charge is -2.26. The minimum atomic E-state index is 0.826. The maximum atomic E-state index is 5.35. The first-order valence-corrected chi connectivity index (χ1v) is 5.93. The normalized spacial score (nSPS) is 17.7. The molecule has 1 aliphatic rings. The molecule has 0 radical (unpaired) electrons. The second-order valence-corrected chi connectivity index (χ2v) is 4.39. The lowest BCUT2D eigenvalue weighted by atomic mass is 10.2. The zero-order chi connectivity index (χ0) is 11.7. The van der Waals surface area contributed by atoms with Crippen LogP contribution >= 0.6 is 0 Å². The van der Waals surface area contributed by atoms with Gasteiger partial charge in [0.05, 0.1) is 18.9 Å². The standard InChI is InChI=1S/C12H16N4O/c1-10-2-3-11(16-12(10)13-9-14-16)8-15-4-6-17-7-5-15/h2-3,9H,4-8H2,1H3. The fourth-order valence-electron chi connectivity index (χ4n) is 2.19. The Morgan fingerprint density at radius 3 is 2.94 bits per heavy atom. The Morgan fingerprint density at radius 2 is 2.12 bits per heavy atom. The van der Waals surface area contributed by atoms with Crippen LogP contribution < -0.4 is 0 Å². The molecular weight excluding hydrogens is 216 g/mol. The molecule has 3 rings (SSSR count). The van der Waals surface area contributed by atoms with E-state index in [0.29, 0.717) is 0 Å². The minimum Gasteiger partial charge on any atom is -0.379 e. The largest absolute Gasteiger partial charge is 0.379 e. The molecule has 0 saturated carbocycles. The van der Waals surface area contributed by atoms with Crippen molar-refractivity contribution in [3.8, 4) is 0 Å². The summed E-state index contributed by atoms with van der Waals surface area (Å²) < 4.78 is 7.29. The highest BCUT2D eigenvalue weighted by Crippen LogP contribution is 2.12. The third-order valence-corrected chi connectivity index (χ3v) is 3.19. The van der Waals surface area contributed by atoms with Crippen molar-refractivity contribution in [3.05, 3.63) is 29.7 Å². The number of pyridine rings is 1. The van der Waals surface area contributed by atoms with E-state index in [2.05, 4.69) is 34.0 Å². The summed E-state index contributed by atoms with van der Waals surface area (Å²) in [4.78, 5) is 6.66. The topological polar surface area (TPSA) is 42.7 Å². The molecule has 90 valence electrons. The highest BCUT2D eigenvalue weighted by molar-refractivity contribution is 5.46. The second kappa shape index (κ2) is 4.43. The number of hydrogen-bond donors (Lipinski definition) is 0. The molecule has 5 heteroatoms. The van der Waals surface area contributed by atoms with E-state index >= 15 is 0 Å². The Hall–Kier alpha value is -1.46. The summed E-state index contributed by atoms with van der Waals surface area (Å²) in [6.45, 7) is 6.60. The Balaban J connectivity index is 1.89. The Bertz CT molecular complexity index is 516. The van der Waals surface area contributed by atoms with Crippen LogP contribution in [-0.2, 0) is 11.3 Å². The van der Waals surface area contributed by atoms with Gasteiger partial charge in [-0.2, -0.15) is 5.10 Å². The van der Waals surface area contributed by atoms with Crippen molar-refractivity contribution in [2.24, 2.45) is 0 Å². The van der Waals surface area contributed by atoms with Gasteiger partial charge >= 0.3 is 0 Å². The Morgan fingerprint density at radius 1 is 1.29 bits per heavy atom. The van der Waals surface area contributed by atoms with Crippen LogP contribution in [0.2, 0.25) is 0 Å². The van der Waals surface area contributed by atoms with E-state index in [4.69, 9.17) is 4.74 Å². The van der Waals surface area contributed by atoms with Gasteiger partial charge in [0.15, 0.2) is 5.65 Å². The summed E-state index contributed by atoms with van der Waals surface area (Å²) in [5.74, 6) is 0. The lowest BCUT2D eigenvalue weighted by molar-refractivity contribution is 0.0334. The fraction of sp³-hybridized carbons (Fsp3) is 0.500. The van der Waals surface area contributed by atoms with E-state index in [1.807, 2.05) is 4.52 Å². The maximum Gasteiger partial charge on any atom is 0.158 e. The molecule has 0 aliphatic carbocycles. The zero-order valence-electron chi connectivity index (χ0n) is 9.96. The van der Waals surface area contributed by atoms with Crippen molar-refractivity contribution in [1.29, 1.82) is 0 Å². The molecule has 2 aromatic heterocycles. The first kappa shape index (κ1) is 10.7. The Kier molecular flexibility index (Phi) is 2.78. The molecule has 1 fully saturated rings. The highest BCUT2D eigenvalue weighted by atomic mass is 16.5. The molecule has 0 unspecified atom stereocenters. The summed E-state index contributed by atoms with van der Waals surface area (Å²) >= 11 is 0. The summed E-state index contributed by atoms with van der Waals surface area (Å²) in [7, 11) is 0. The van der Waals surface area contributed by atoms with Crippen LogP contribution in [0.5, 0.6) is 0 Å². The molecule has 0 N–H and O–H groups in total. The van der Waals surface area contributed by atoms with Crippen molar-refractivity contribution in [2.75, 3.05) is 26.3 Å². The molecule has 1 aliphatic heterocycles. The van der Waals surface area contributed by atoms with Gasteiger partial charge in [-0.25, -0.2) is 9.50 Å². The molecule has 17 heavy (non-hydrogen) atoms. The molecule has 0 spiro atoms. The van der Waals surface area contributed by atoms with E-state index in [1.54, 1.807) is 6.33 Å². The van der Waals surface area contributed by atoms with E-state index in [-0.39, 0.29) is 0 Å². The molecule has 0 atom stereocenters. The van der Waals surface area contributed by atoms with Crippen molar-refractivity contribution in [1.82, 2.24) is 19.5 Å². The van der Waals surface area contributed by atoms with E-state index < -0.39 is 0 Å². The number of rotatable bonds is 2. The van der Waals surface area contributed by atoms with Crippen LogP contribution in [0.15, 0.2) is 18.5 Å². The van der Waals surface area contributed by atoms with Gasteiger partial charge in [0.25, 0.3) is 0 Å². The number of fused-ring (bicyclic) bond motifs is 1. The predicted octanol–water partition coefficient (Wildman–Crippen LogP) is 0.870. The third-order valence-electron chi connectivity index (χ3n) is 3.19. The van der Waals surface area contributed by atoms with Gasteiger partial charge in [-0.05, 0) is 18.6 Å². The molecule has 1 saturated heterocycles. The average molecular weight is 232 g/mol. The quantitative estimate of drug-likeness (QED) is 0.770. The zero-order valence-corrected chi connectivity index (χ0v) is 9.96. The number of morpholine rings is 1. The van der Waals surface area contributed by atoms with Crippen LogP contribution in [0.25, 0.3) is 5.65 Å². The van der Waals surface area contributed by atoms with E-state index in [0.717, 1.165) is 44.1 Å². The second-order valence-electron chi connectivity index (χ2n) is 4.39. The van der Waals surface area contributed by atoms with Crippen molar-refractivity contribution in [3.63, 3.8) is 0 Å². The number of nitrogens with zero attached hydrogens (tertiary/aromatic N) is 4. The number of hydrogen-bond acceptors (Lipinski definition) is 4. The molecule has 2 aromatic rings. The maximum absolute atomic E-state index is 5.35. The van der Waals surface area contributed by atoms with Crippen LogP contribution in [0.4, 0.5) is 0 Å². The van der Waals surface area contributed by atoms with Gasteiger partial charge < -0.3 is 4.74 Å². The van der Waals surface area contributed by atoms with E-state index in [9.17, 15) is 0 Å². The van der Waals surface area contributed by atoms with Gasteiger partial charge in [0.1, 0.15) is 6.33 Å². The number of aromatic nitrogens is 3. The summed E-state index contributed by atoms with van der Waals surface area (Å²) in [5.41, 5.74) is 3.30. The van der Waals surface area contributed by atoms with Crippen LogP contribution in [0.1, 0.15) is 11.3 Å². The highest BCUT2D eigenvalue weighted by Gasteiger charge is 2.13.